The molecule has 0 radical (unpaired) electrons. The van der Waals surface area contributed by atoms with Crippen molar-refractivity contribution in [3.63, 3.8) is 0 Å². The van der Waals surface area contributed by atoms with Crippen LogP contribution in [0.1, 0.15) is 138 Å². The molecule has 2 fully saturated rings. The van der Waals surface area contributed by atoms with E-state index in [1.165, 1.54) is 28.7 Å². The lowest BCUT2D eigenvalue weighted by Crippen LogP contribution is -2.63. The van der Waals surface area contributed by atoms with Gasteiger partial charge < -0.3 is 59.5 Å². The van der Waals surface area contributed by atoms with Crippen LogP contribution < -0.4 is 15.4 Å². The van der Waals surface area contributed by atoms with Crippen molar-refractivity contribution in [1.82, 2.24) is 15.2 Å². The van der Waals surface area contributed by atoms with E-state index in [1.54, 1.807) is 24.3 Å². The first-order chi connectivity index (χ1) is 42.6. The summed E-state index contributed by atoms with van der Waals surface area (Å²) in [5.41, 5.74) is 12.5. The maximum Gasteiger partial charge on any atom is 0.168 e. The third-order valence-corrected chi connectivity index (χ3v) is 20.7. The van der Waals surface area contributed by atoms with Gasteiger partial charge in [-0.05, 0) is 163 Å². The third-order valence-electron chi connectivity index (χ3n) is 20.7. The third kappa shape index (κ3) is 11.0. The fraction of sp³-hybridized carbons (Fsp3) is 0.432. The molecule has 87 heavy (non-hydrogen) atoms. The van der Waals surface area contributed by atoms with Gasteiger partial charge in [0.05, 0.1) is 51.0 Å². The number of phenolic OH excluding ortho intramolecular Hbond substituents is 3. The standard InChI is InChI=1S/C74H81N3O10/c78-28-7-29-84-45-75-69-37-51-18-16-46(14-15-47-17-24-65(81)53(30-47)31-48-9-4-12-59(80)32-48)8-5-13-60-38-66(82)52-20-23-61-62(35-52)55(41-79)36-67(83)71(61)86-42-56-34-58(33-54-39-77(40-63(54)56)72(76-69)64(51)44-85-60)74-57-22-19-49-10-6-11-50(70(49)74)21-25-68(74)73(87-43-57)26-2-1-3-27-73/h4,6,9-12,17,19-20,22-24,30,32-34,36-37,39-40,46,52,57,60,66,68-69,75-76,78-83H,1-3,5,7-8,13-15,21,25-29,31,35,38,41-45H2. The van der Waals surface area contributed by atoms with Crippen molar-refractivity contribution >= 4 is 28.7 Å². The van der Waals surface area contributed by atoms with E-state index in [0.29, 0.717) is 56.6 Å². The number of rotatable bonds is 13. The number of aromatic hydroxyl groups is 3. The summed E-state index contributed by atoms with van der Waals surface area (Å²) in [6, 6.07) is 26.4. The number of aliphatic hydroxyl groups is 3. The molecule has 5 aromatic carbocycles. The maximum absolute atomic E-state index is 12.4. The van der Waals surface area contributed by atoms with Gasteiger partial charge in [-0.3, -0.25) is 5.32 Å². The van der Waals surface area contributed by atoms with E-state index in [4.69, 9.17) is 18.9 Å². The van der Waals surface area contributed by atoms with Gasteiger partial charge in [-0.15, -0.1) is 0 Å². The van der Waals surface area contributed by atoms with Gasteiger partial charge in [0.25, 0.3) is 0 Å². The summed E-state index contributed by atoms with van der Waals surface area (Å²) in [6.45, 7) is 1.40. The Bertz CT molecular complexity index is 3780. The Morgan fingerprint density at radius 2 is 1.74 bits per heavy atom. The van der Waals surface area contributed by atoms with Crippen LogP contribution in [0.25, 0.3) is 28.7 Å². The van der Waals surface area contributed by atoms with Crippen LogP contribution >= 0.6 is 0 Å². The maximum atomic E-state index is 12.4. The minimum atomic E-state index is -0.782. The Morgan fingerprint density at radius 3 is 2.61 bits per heavy atom. The Kier molecular flexibility index (Phi) is 16.2. The number of aryl methyl sites for hydroxylation is 2. The van der Waals surface area contributed by atoms with Crippen molar-refractivity contribution in [2.24, 2.45) is 23.7 Å². The van der Waals surface area contributed by atoms with Gasteiger partial charge in [0.1, 0.15) is 30.1 Å². The predicted molar refractivity (Wildman–Crippen MR) is 337 cm³/mol. The second-order valence-corrected chi connectivity index (χ2v) is 25.8. The van der Waals surface area contributed by atoms with Crippen molar-refractivity contribution in [2.45, 2.75) is 145 Å². The van der Waals surface area contributed by atoms with E-state index < -0.39 is 12.3 Å². The second-order valence-electron chi connectivity index (χ2n) is 25.8. The zero-order valence-corrected chi connectivity index (χ0v) is 49.6. The first-order valence-electron chi connectivity index (χ1n) is 32.0. The molecular formula is C74H81N3O10. The molecule has 13 nitrogen and oxygen atoms in total. The summed E-state index contributed by atoms with van der Waals surface area (Å²) in [5, 5.41) is 75.4. The molecule has 1 spiro atoms. The number of dihydropyridines is 1. The lowest BCUT2D eigenvalue weighted by atomic mass is 9.46. The molecule has 1 saturated heterocycles. The topological polar surface area (TPSA) is 187 Å². The monoisotopic (exact) mass is 1170 g/mol. The SMILES string of the molecule is OCCCOCNC1C=C2C#CC(CCc3ccc(O)c(Cc4cccc(O)c4)c3)CCCC3CC(O)C4C=Cc5c(c(CO)cc(O)c5OCc5cc(C67c8c9cccc8CCC6C6(CCCCC6)OCC7C=C9)cc6cn(cc56)C(=C2CO3)N1)C4. The van der Waals surface area contributed by atoms with E-state index >= 15 is 0 Å². The van der Waals surface area contributed by atoms with Crippen LogP contribution in [0.5, 0.6) is 23.0 Å². The normalized spacial score (nSPS) is 26.1. The molecule has 13 heteroatoms. The molecule has 5 aliphatic heterocycles. The number of hydrogen-bond donors (Lipinski definition) is 8. The molecule has 1 aromatic heterocycles. The Labute approximate surface area is 510 Å². The average molecular weight is 1170 g/mol. The number of phenols is 3. The molecule has 9 aliphatic rings. The van der Waals surface area contributed by atoms with Crippen LogP contribution in [0, 0.1) is 35.5 Å². The number of aromatic nitrogens is 1. The number of benzene rings is 5. The van der Waals surface area contributed by atoms with E-state index in [9.17, 15) is 30.6 Å². The van der Waals surface area contributed by atoms with Crippen molar-refractivity contribution in [2.75, 3.05) is 33.2 Å². The van der Waals surface area contributed by atoms with Crippen LogP contribution in [-0.2, 0) is 58.5 Å². The van der Waals surface area contributed by atoms with Gasteiger partial charge in [0, 0.05) is 88.4 Å². The van der Waals surface area contributed by atoms with Crippen molar-refractivity contribution in [3.05, 3.63) is 182 Å². The lowest BCUT2D eigenvalue weighted by Gasteiger charge is -2.62. The Morgan fingerprint density at radius 1 is 0.839 bits per heavy atom. The summed E-state index contributed by atoms with van der Waals surface area (Å²) in [4.78, 5) is 0. The molecule has 8 atom stereocenters. The molecule has 452 valence electrons. The minimum Gasteiger partial charge on any atom is -0.508 e. The first-order valence-corrected chi connectivity index (χ1v) is 32.0. The van der Waals surface area contributed by atoms with Gasteiger partial charge >= 0.3 is 0 Å². The van der Waals surface area contributed by atoms with Crippen molar-refractivity contribution in [3.8, 4) is 34.8 Å². The molecular weight excluding hydrogens is 1090 g/mol. The summed E-state index contributed by atoms with van der Waals surface area (Å²) in [5.74, 6) is 9.12. The molecule has 8 N–H and O–H groups in total. The Balaban J connectivity index is 0.920. The van der Waals surface area contributed by atoms with Crippen LogP contribution in [0.4, 0.5) is 0 Å². The van der Waals surface area contributed by atoms with Crippen molar-refractivity contribution in [1.29, 1.82) is 0 Å². The minimum absolute atomic E-state index is 0.000150. The predicted octanol–water partition coefficient (Wildman–Crippen LogP) is 11.4. The number of aliphatic hydroxyl groups excluding tert-OH is 3. The quantitative estimate of drug-likeness (QED) is 0.0311. The smallest absolute Gasteiger partial charge is 0.168 e. The van der Waals surface area contributed by atoms with Gasteiger partial charge in [-0.1, -0.05) is 104 Å². The molecule has 0 amide bonds. The first kappa shape index (κ1) is 57.6. The van der Waals surface area contributed by atoms with Gasteiger partial charge in [-0.25, -0.2) is 0 Å². The largest absolute Gasteiger partial charge is 0.508 e. The fourth-order valence-electron chi connectivity index (χ4n) is 16.4. The van der Waals surface area contributed by atoms with E-state index in [1.807, 2.05) is 30.4 Å². The second kappa shape index (κ2) is 24.5. The van der Waals surface area contributed by atoms with E-state index in [0.717, 1.165) is 125 Å². The van der Waals surface area contributed by atoms with E-state index in [2.05, 4.69) is 94.1 Å². The zero-order chi connectivity index (χ0) is 59.2. The Hall–Kier alpha value is -7.12. The van der Waals surface area contributed by atoms with Crippen LogP contribution in [-0.4, -0.2) is 92.3 Å². The number of nitrogens with one attached hydrogen (secondary N) is 2. The number of fused-ring (bicyclic) bond motifs is 3. The summed E-state index contributed by atoms with van der Waals surface area (Å²) >= 11 is 0. The average Bonchev–Trinajstić information content (AvgIpc) is 1.04. The fourth-order valence-corrected chi connectivity index (χ4v) is 16.4. The van der Waals surface area contributed by atoms with Crippen LogP contribution in [0.15, 0.2) is 121 Å². The zero-order valence-electron chi connectivity index (χ0n) is 49.6. The summed E-state index contributed by atoms with van der Waals surface area (Å²) in [6.07, 6.45) is 27.2. The number of hydrogen-bond acceptors (Lipinski definition) is 12. The molecule has 1 saturated carbocycles. The van der Waals surface area contributed by atoms with Gasteiger partial charge in [0.15, 0.2) is 11.5 Å². The molecule has 4 aliphatic carbocycles. The molecule has 8 unspecified atom stereocenters. The van der Waals surface area contributed by atoms with Gasteiger partial charge in [-0.2, -0.15) is 0 Å². The molecule has 15 rings (SSSR count). The highest BCUT2D eigenvalue weighted by Crippen LogP contribution is 2.64. The van der Waals surface area contributed by atoms with Gasteiger partial charge in [0.2, 0.25) is 0 Å². The summed E-state index contributed by atoms with van der Waals surface area (Å²) < 4.78 is 29.7. The highest BCUT2D eigenvalue weighted by molar-refractivity contribution is 5.89. The molecule has 6 heterocycles. The van der Waals surface area contributed by atoms with Crippen LogP contribution in [0.2, 0.25) is 0 Å². The highest BCUT2D eigenvalue weighted by atomic mass is 16.5. The van der Waals surface area contributed by atoms with Crippen LogP contribution in [0.3, 0.4) is 0 Å². The molecule has 6 aromatic rings. The van der Waals surface area contributed by atoms with Crippen molar-refractivity contribution < 1.29 is 49.6 Å². The number of nitrogens with zero attached hydrogens (tertiary/aromatic N) is 1. The number of ether oxygens (including phenoxy) is 4. The lowest BCUT2D eigenvalue weighted by molar-refractivity contribution is -0.182. The highest BCUT2D eigenvalue weighted by Gasteiger charge is 2.62. The summed E-state index contributed by atoms with van der Waals surface area (Å²) in [7, 11) is 0. The van der Waals surface area contributed by atoms with E-state index in [-0.39, 0.29) is 91.2 Å². The molecule has 8 bridgehead atoms.